The first-order valence-corrected chi connectivity index (χ1v) is 10.4. The van der Waals surface area contributed by atoms with Gasteiger partial charge < -0.3 is 14.8 Å². The Balaban J connectivity index is 1.93. The van der Waals surface area contributed by atoms with Gasteiger partial charge in [-0.25, -0.2) is 8.42 Å². The largest absolute Gasteiger partial charge is 0.495 e. The predicted molar refractivity (Wildman–Crippen MR) is 106 cm³/mol. The number of methoxy groups -OCH3 is 1. The van der Waals surface area contributed by atoms with Crippen molar-refractivity contribution in [2.24, 2.45) is 0 Å². The van der Waals surface area contributed by atoms with Crippen molar-refractivity contribution in [2.75, 3.05) is 38.7 Å². The van der Waals surface area contributed by atoms with E-state index in [4.69, 9.17) is 9.47 Å². The van der Waals surface area contributed by atoms with Crippen LogP contribution in [-0.4, -0.2) is 52.0 Å². The van der Waals surface area contributed by atoms with Crippen molar-refractivity contribution in [1.82, 2.24) is 4.31 Å². The fraction of sp³-hybridized carbons (Fsp3) is 0.350. The van der Waals surface area contributed by atoms with Crippen LogP contribution < -0.4 is 10.1 Å². The highest BCUT2D eigenvalue weighted by Gasteiger charge is 2.27. The van der Waals surface area contributed by atoms with Crippen LogP contribution in [0, 0.1) is 13.8 Å². The fourth-order valence-electron chi connectivity index (χ4n) is 3.07. The molecular formula is C20H24N2O5S. The van der Waals surface area contributed by atoms with Crippen LogP contribution >= 0.6 is 0 Å². The second-order valence-electron chi connectivity index (χ2n) is 6.58. The third-order valence-electron chi connectivity index (χ3n) is 4.88. The van der Waals surface area contributed by atoms with Crippen molar-refractivity contribution in [3.8, 4) is 5.75 Å². The number of nitrogens with zero attached hydrogens (tertiary/aromatic N) is 1. The summed E-state index contributed by atoms with van der Waals surface area (Å²) in [4.78, 5) is 12.9. The van der Waals surface area contributed by atoms with Gasteiger partial charge in [0.25, 0.3) is 5.91 Å². The van der Waals surface area contributed by atoms with Gasteiger partial charge in [0.1, 0.15) is 5.75 Å². The zero-order chi connectivity index (χ0) is 20.3. The van der Waals surface area contributed by atoms with Crippen LogP contribution in [0.3, 0.4) is 0 Å². The number of amides is 1. The molecule has 150 valence electrons. The molecule has 7 nitrogen and oxygen atoms in total. The van der Waals surface area contributed by atoms with Crippen molar-refractivity contribution in [1.29, 1.82) is 0 Å². The molecule has 0 saturated carbocycles. The third-order valence-corrected chi connectivity index (χ3v) is 6.77. The lowest BCUT2D eigenvalue weighted by atomic mass is 10.0. The SMILES string of the molecule is COc1ccc(S(=O)(=O)N2CCOCC2)cc1NC(=O)c1cccc(C)c1C. The Kier molecular flexibility index (Phi) is 6.02. The van der Waals surface area contributed by atoms with Gasteiger partial charge in [-0.15, -0.1) is 0 Å². The van der Waals surface area contributed by atoms with Crippen LogP contribution in [0.1, 0.15) is 21.5 Å². The van der Waals surface area contributed by atoms with E-state index in [1.807, 2.05) is 26.0 Å². The molecule has 2 aromatic rings. The van der Waals surface area contributed by atoms with Gasteiger partial charge in [-0.05, 0) is 49.2 Å². The van der Waals surface area contributed by atoms with Gasteiger partial charge >= 0.3 is 0 Å². The van der Waals surface area contributed by atoms with Gasteiger partial charge in [0.2, 0.25) is 10.0 Å². The van der Waals surface area contributed by atoms with Crippen molar-refractivity contribution >= 4 is 21.6 Å². The minimum atomic E-state index is -3.68. The second kappa shape index (κ2) is 8.30. The number of hydrogen-bond donors (Lipinski definition) is 1. The Labute approximate surface area is 165 Å². The Bertz CT molecular complexity index is 982. The zero-order valence-corrected chi connectivity index (χ0v) is 17.0. The number of morpholine rings is 1. The van der Waals surface area contributed by atoms with E-state index < -0.39 is 10.0 Å². The topological polar surface area (TPSA) is 84.9 Å². The van der Waals surface area contributed by atoms with Crippen LogP contribution in [0.15, 0.2) is 41.3 Å². The lowest BCUT2D eigenvalue weighted by Gasteiger charge is -2.26. The number of carbonyl (C=O) groups excluding carboxylic acids is 1. The highest BCUT2D eigenvalue weighted by atomic mass is 32.2. The Morgan fingerprint density at radius 3 is 2.54 bits per heavy atom. The summed E-state index contributed by atoms with van der Waals surface area (Å²) >= 11 is 0. The van der Waals surface area contributed by atoms with Crippen LogP contribution in [0.25, 0.3) is 0 Å². The molecule has 1 saturated heterocycles. The number of hydrogen-bond acceptors (Lipinski definition) is 5. The zero-order valence-electron chi connectivity index (χ0n) is 16.2. The first-order valence-electron chi connectivity index (χ1n) is 8.98. The number of ether oxygens (including phenoxy) is 2. The lowest BCUT2D eigenvalue weighted by Crippen LogP contribution is -2.40. The number of carbonyl (C=O) groups is 1. The monoisotopic (exact) mass is 404 g/mol. The number of rotatable bonds is 5. The number of nitrogens with one attached hydrogen (secondary N) is 1. The third kappa shape index (κ3) is 4.04. The minimum Gasteiger partial charge on any atom is -0.495 e. The van der Waals surface area contributed by atoms with Gasteiger partial charge in [-0.2, -0.15) is 4.31 Å². The van der Waals surface area contributed by atoms with Crippen LogP contribution in [-0.2, 0) is 14.8 Å². The summed E-state index contributed by atoms with van der Waals surface area (Å²) < 4.78 is 37.7. The van der Waals surface area contributed by atoms with Crippen LogP contribution in [0.5, 0.6) is 5.75 Å². The van der Waals surface area contributed by atoms with Crippen molar-refractivity contribution in [3.05, 3.63) is 53.1 Å². The maximum Gasteiger partial charge on any atom is 0.256 e. The molecule has 0 radical (unpaired) electrons. The summed E-state index contributed by atoms with van der Waals surface area (Å²) in [6, 6.07) is 9.95. The first kappa shape index (κ1) is 20.3. The maximum atomic E-state index is 12.9. The number of aryl methyl sites for hydroxylation is 1. The molecule has 1 fully saturated rings. The summed E-state index contributed by atoms with van der Waals surface area (Å²) in [5.74, 6) is 0.0694. The van der Waals surface area contributed by atoms with Gasteiger partial charge in [0, 0.05) is 18.7 Å². The van der Waals surface area contributed by atoms with E-state index in [1.54, 1.807) is 12.1 Å². The molecule has 28 heavy (non-hydrogen) atoms. The maximum absolute atomic E-state index is 12.9. The molecule has 0 unspecified atom stereocenters. The number of sulfonamides is 1. The Morgan fingerprint density at radius 2 is 1.86 bits per heavy atom. The van der Waals surface area contributed by atoms with Crippen molar-refractivity contribution in [2.45, 2.75) is 18.7 Å². The summed E-state index contributed by atoms with van der Waals surface area (Å²) in [7, 11) is -2.21. The average Bonchev–Trinajstić information content (AvgIpc) is 2.70. The molecule has 3 rings (SSSR count). The van der Waals surface area contributed by atoms with Crippen molar-refractivity contribution in [3.63, 3.8) is 0 Å². The van der Waals surface area contributed by atoms with E-state index in [0.29, 0.717) is 43.3 Å². The molecule has 0 aromatic heterocycles. The molecule has 8 heteroatoms. The number of anilines is 1. The summed E-state index contributed by atoms with van der Waals surface area (Å²) in [5.41, 5.74) is 2.71. The minimum absolute atomic E-state index is 0.103. The van der Waals surface area contributed by atoms with E-state index in [9.17, 15) is 13.2 Å². The normalized spacial score (nSPS) is 15.2. The molecule has 1 N–H and O–H groups in total. The highest BCUT2D eigenvalue weighted by molar-refractivity contribution is 7.89. The van der Waals surface area contributed by atoms with Crippen molar-refractivity contribution < 1.29 is 22.7 Å². The number of benzene rings is 2. The second-order valence-corrected chi connectivity index (χ2v) is 8.52. The molecule has 0 bridgehead atoms. The summed E-state index contributed by atoms with van der Waals surface area (Å²) in [6.45, 7) is 5.15. The predicted octanol–water partition coefficient (Wildman–Crippen LogP) is 2.59. The molecule has 1 amide bonds. The molecule has 1 aliphatic heterocycles. The van der Waals surface area contributed by atoms with E-state index >= 15 is 0 Å². The average molecular weight is 404 g/mol. The molecular weight excluding hydrogens is 380 g/mol. The van der Waals surface area contributed by atoms with E-state index in [1.165, 1.54) is 23.5 Å². The molecule has 2 aromatic carbocycles. The van der Waals surface area contributed by atoms with E-state index in [2.05, 4.69) is 5.32 Å². The van der Waals surface area contributed by atoms with Gasteiger partial charge in [0.15, 0.2) is 0 Å². The van der Waals surface area contributed by atoms with Crippen LogP contribution in [0.2, 0.25) is 0 Å². The van der Waals surface area contributed by atoms with E-state index in [0.717, 1.165) is 11.1 Å². The quantitative estimate of drug-likeness (QED) is 0.828. The smallest absolute Gasteiger partial charge is 0.256 e. The Morgan fingerprint density at radius 1 is 1.14 bits per heavy atom. The van der Waals surface area contributed by atoms with E-state index in [-0.39, 0.29) is 10.8 Å². The van der Waals surface area contributed by atoms with Gasteiger partial charge in [-0.3, -0.25) is 4.79 Å². The summed E-state index contributed by atoms with van der Waals surface area (Å²) in [5, 5.41) is 2.79. The first-order chi connectivity index (χ1) is 13.3. The van der Waals surface area contributed by atoms with Gasteiger partial charge in [-0.1, -0.05) is 12.1 Å². The highest BCUT2D eigenvalue weighted by Crippen LogP contribution is 2.30. The molecule has 1 heterocycles. The van der Waals surface area contributed by atoms with Crippen LogP contribution in [0.4, 0.5) is 5.69 Å². The fourth-order valence-corrected chi connectivity index (χ4v) is 4.50. The standard InChI is InChI=1S/C20H24N2O5S/c1-14-5-4-6-17(15(14)2)20(23)21-18-13-16(7-8-19(18)26-3)28(24,25)22-9-11-27-12-10-22/h4-8,13H,9-12H2,1-3H3,(H,21,23). The molecule has 0 aliphatic carbocycles. The summed E-state index contributed by atoms with van der Waals surface area (Å²) in [6.07, 6.45) is 0. The Hall–Kier alpha value is -2.42. The molecule has 0 atom stereocenters. The molecule has 1 aliphatic rings. The van der Waals surface area contributed by atoms with Gasteiger partial charge in [0.05, 0.1) is 30.9 Å². The lowest BCUT2D eigenvalue weighted by molar-refractivity contribution is 0.0730. The molecule has 0 spiro atoms.